The average Bonchev–Trinajstić information content (AvgIpc) is 2.82. The first-order chi connectivity index (χ1) is 7.88. The van der Waals surface area contributed by atoms with Crippen LogP contribution in [0.25, 0.3) is 0 Å². The summed E-state index contributed by atoms with van der Waals surface area (Å²) in [6, 6.07) is 6.12. The van der Waals surface area contributed by atoms with Crippen LogP contribution in [-0.4, -0.2) is 16.0 Å². The molecule has 3 N–H and O–H groups in total. The molecule has 4 nitrogen and oxygen atoms in total. The number of nitrogens with zero attached hydrogens (tertiary/aromatic N) is 2. The van der Waals surface area contributed by atoms with E-state index in [0.717, 1.165) is 18.5 Å². The number of hydrazine groups is 1. The van der Waals surface area contributed by atoms with Crippen LogP contribution in [0.5, 0.6) is 0 Å². The van der Waals surface area contributed by atoms with Crippen LogP contribution in [0.2, 0.25) is 0 Å². The molecule has 0 fully saturated rings. The molecule has 2 heterocycles. The highest BCUT2D eigenvalue weighted by Crippen LogP contribution is 2.10. The molecule has 2 rings (SSSR count). The van der Waals surface area contributed by atoms with Gasteiger partial charge in [-0.2, -0.15) is 0 Å². The van der Waals surface area contributed by atoms with Crippen LogP contribution >= 0.6 is 11.3 Å². The van der Waals surface area contributed by atoms with Crippen molar-refractivity contribution in [3.63, 3.8) is 0 Å². The number of pyridine rings is 1. The molecular formula is C11H14N4S. The number of nitrogens with two attached hydrogens (primary N) is 1. The van der Waals surface area contributed by atoms with Crippen molar-refractivity contribution in [1.82, 2.24) is 15.4 Å². The molecule has 0 aliphatic heterocycles. The van der Waals surface area contributed by atoms with Gasteiger partial charge < -0.3 is 0 Å². The minimum atomic E-state index is 0.204. The summed E-state index contributed by atoms with van der Waals surface area (Å²) in [7, 11) is 0. The Balaban J connectivity index is 1.96. The molecule has 0 saturated carbocycles. The third-order valence-electron chi connectivity index (χ3n) is 2.35. The minimum Gasteiger partial charge on any atom is -0.271 e. The first-order valence-corrected chi connectivity index (χ1v) is 6.00. The molecule has 2 aromatic rings. The van der Waals surface area contributed by atoms with Crippen LogP contribution in [0.3, 0.4) is 0 Å². The summed E-state index contributed by atoms with van der Waals surface area (Å²) in [5.41, 5.74) is 5.72. The fraction of sp³-hybridized carbons (Fsp3) is 0.273. The number of nitrogens with one attached hydrogen (secondary N) is 1. The molecule has 0 spiro atoms. The zero-order chi connectivity index (χ0) is 11.2. The maximum absolute atomic E-state index is 5.54. The molecule has 0 radical (unpaired) electrons. The molecule has 1 unspecified atom stereocenters. The smallest absolute Gasteiger partial charge is 0.0794 e. The molecule has 0 aliphatic rings. The lowest BCUT2D eigenvalue weighted by molar-refractivity contribution is 0.520. The third-order valence-corrected chi connectivity index (χ3v) is 3.15. The quantitative estimate of drug-likeness (QED) is 0.602. The summed E-state index contributed by atoms with van der Waals surface area (Å²) in [6.07, 6.45) is 5.40. The lowest BCUT2D eigenvalue weighted by Gasteiger charge is -2.13. The lowest BCUT2D eigenvalue weighted by atomic mass is 10.1. The number of aromatic nitrogens is 2. The van der Waals surface area contributed by atoms with E-state index in [0.29, 0.717) is 0 Å². The second-order valence-electron chi connectivity index (χ2n) is 3.56. The Bertz CT molecular complexity index is 401. The van der Waals surface area contributed by atoms with Crippen LogP contribution in [0, 0.1) is 0 Å². The van der Waals surface area contributed by atoms with E-state index in [2.05, 4.69) is 15.4 Å². The Labute approximate surface area is 98.5 Å². The number of thiazole rings is 1. The number of hydrogen-bond donors (Lipinski definition) is 2. The van der Waals surface area contributed by atoms with E-state index in [4.69, 9.17) is 5.84 Å². The summed E-state index contributed by atoms with van der Waals surface area (Å²) < 4.78 is 0. The van der Waals surface area contributed by atoms with Gasteiger partial charge in [0.25, 0.3) is 0 Å². The molecule has 0 aromatic carbocycles. The van der Waals surface area contributed by atoms with Gasteiger partial charge in [0.15, 0.2) is 0 Å². The van der Waals surface area contributed by atoms with Gasteiger partial charge in [0.05, 0.1) is 5.51 Å². The lowest BCUT2D eigenvalue weighted by Crippen LogP contribution is -2.38. The Morgan fingerprint density at radius 1 is 1.38 bits per heavy atom. The van der Waals surface area contributed by atoms with Crippen molar-refractivity contribution in [2.45, 2.75) is 18.9 Å². The second-order valence-corrected chi connectivity index (χ2v) is 4.53. The molecular weight excluding hydrogens is 220 g/mol. The Morgan fingerprint density at radius 3 is 2.94 bits per heavy atom. The van der Waals surface area contributed by atoms with Gasteiger partial charge in [0.2, 0.25) is 0 Å². The largest absolute Gasteiger partial charge is 0.271 e. The van der Waals surface area contributed by atoms with Crippen molar-refractivity contribution < 1.29 is 0 Å². The van der Waals surface area contributed by atoms with Crippen molar-refractivity contribution in [2.75, 3.05) is 0 Å². The van der Waals surface area contributed by atoms with Crippen LogP contribution in [0.4, 0.5) is 0 Å². The van der Waals surface area contributed by atoms with Gasteiger partial charge in [-0.05, 0) is 12.1 Å². The highest BCUT2D eigenvalue weighted by Gasteiger charge is 2.10. The van der Waals surface area contributed by atoms with E-state index >= 15 is 0 Å². The summed E-state index contributed by atoms with van der Waals surface area (Å²) in [6.45, 7) is 0. The Morgan fingerprint density at radius 2 is 2.31 bits per heavy atom. The first-order valence-electron chi connectivity index (χ1n) is 5.12. The highest BCUT2D eigenvalue weighted by molar-refractivity contribution is 7.09. The van der Waals surface area contributed by atoms with Gasteiger partial charge in [-0.15, -0.1) is 11.3 Å². The van der Waals surface area contributed by atoms with E-state index in [1.165, 1.54) is 4.88 Å². The van der Waals surface area contributed by atoms with Crippen LogP contribution in [0.1, 0.15) is 10.6 Å². The molecule has 0 saturated heterocycles. The van der Waals surface area contributed by atoms with E-state index < -0.39 is 0 Å². The number of rotatable bonds is 5. The first kappa shape index (κ1) is 11.2. The van der Waals surface area contributed by atoms with Crippen molar-refractivity contribution in [2.24, 2.45) is 5.84 Å². The third kappa shape index (κ3) is 3.10. The maximum atomic E-state index is 5.54. The normalized spacial score (nSPS) is 12.6. The summed E-state index contributed by atoms with van der Waals surface area (Å²) in [4.78, 5) is 9.57. The van der Waals surface area contributed by atoms with E-state index in [9.17, 15) is 0 Å². The summed E-state index contributed by atoms with van der Waals surface area (Å²) in [5, 5.41) is 0. The Hall–Kier alpha value is -1.30. The zero-order valence-electron chi connectivity index (χ0n) is 8.84. The molecule has 2 aromatic heterocycles. The molecule has 0 aliphatic carbocycles. The predicted molar refractivity (Wildman–Crippen MR) is 64.9 cm³/mol. The minimum absolute atomic E-state index is 0.204. The Kier molecular flexibility index (Phi) is 3.98. The van der Waals surface area contributed by atoms with Gasteiger partial charge in [-0.25, -0.2) is 0 Å². The van der Waals surface area contributed by atoms with Gasteiger partial charge >= 0.3 is 0 Å². The number of hydrogen-bond acceptors (Lipinski definition) is 5. The van der Waals surface area contributed by atoms with Gasteiger partial charge in [0.1, 0.15) is 0 Å². The summed E-state index contributed by atoms with van der Waals surface area (Å²) >= 11 is 1.65. The van der Waals surface area contributed by atoms with Gasteiger partial charge in [-0.3, -0.25) is 21.2 Å². The standard InChI is InChI=1S/C11H14N4S/c12-15-10(6-11-7-13-8-16-11)5-9-3-1-2-4-14-9/h1-4,7-8,10,15H,5-6,12H2. The van der Waals surface area contributed by atoms with Crippen molar-refractivity contribution in [3.8, 4) is 0 Å². The van der Waals surface area contributed by atoms with Crippen molar-refractivity contribution in [1.29, 1.82) is 0 Å². The molecule has 5 heteroatoms. The van der Waals surface area contributed by atoms with E-state index in [1.807, 2.05) is 29.9 Å². The fourth-order valence-electron chi connectivity index (χ4n) is 1.55. The molecule has 84 valence electrons. The monoisotopic (exact) mass is 234 g/mol. The molecule has 1 atom stereocenters. The second kappa shape index (κ2) is 5.69. The van der Waals surface area contributed by atoms with Crippen molar-refractivity contribution >= 4 is 11.3 Å². The molecule has 0 amide bonds. The fourth-order valence-corrected chi connectivity index (χ4v) is 2.22. The van der Waals surface area contributed by atoms with E-state index in [1.54, 1.807) is 17.5 Å². The van der Waals surface area contributed by atoms with Crippen LogP contribution in [0.15, 0.2) is 36.1 Å². The molecule has 16 heavy (non-hydrogen) atoms. The van der Waals surface area contributed by atoms with Crippen molar-refractivity contribution in [3.05, 3.63) is 46.7 Å². The zero-order valence-corrected chi connectivity index (χ0v) is 9.65. The topological polar surface area (TPSA) is 63.8 Å². The van der Waals surface area contributed by atoms with Crippen LogP contribution < -0.4 is 11.3 Å². The van der Waals surface area contributed by atoms with E-state index in [-0.39, 0.29) is 6.04 Å². The average molecular weight is 234 g/mol. The summed E-state index contributed by atoms with van der Waals surface area (Å²) in [5.74, 6) is 5.54. The SMILES string of the molecule is NNC(Cc1ccccn1)Cc1cncs1. The predicted octanol–water partition coefficient (Wildman–Crippen LogP) is 1.16. The van der Waals surface area contributed by atoms with Crippen LogP contribution in [-0.2, 0) is 12.8 Å². The van der Waals surface area contributed by atoms with Gasteiger partial charge in [-0.1, -0.05) is 6.07 Å². The van der Waals surface area contributed by atoms with Gasteiger partial charge in [0, 0.05) is 41.8 Å². The highest BCUT2D eigenvalue weighted by atomic mass is 32.1. The molecule has 0 bridgehead atoms. The maximum Gasteiger partial charge on any atom is 0.0794 e.